The van der Waals surface area contributed by atoms with E-state index in [1.807, 2.05) is 19.2 Å². The molecular weight excluding hydrogens is 362 g/mol. The van der Waals surface area contributed by atoms with Crippen LogP contribution in [0.25, 0.3) is 5.65 Å². The summed E-state index contributed by atoms with van der Waals surface area (Å²) in [6, 6.07) is 10.2. The van der Waals surface area contributed by atoms with Crippen LogP contribution < -0.4 is 5.32 Å². The molecule has 29 heavy (non-hydrogen) atoms. The average molecular weight is 392 g/mol. The van der Waals surface area contributed by atoms with Gasteiger partial charge in [0.05, 0.1) is 5.69 Å². The molecule has 2 atom stereocenters. The smallest absolute Gasteiger partial charge is 0.257 e. The van der Waals surface area contributed by atoms with E-state index in [9.17, 15) is 4.79 Å². The summed E-state index contributed by atoms with van der Waals surface area (Å²) in [5, 5.41) is 7.46. The number of piperidine rings is 1. The minimum Gasteiger partial charge on any atom is -0.348 e. The number of amides is 1. The number of fused-ring (bicyclic) bond motifs is 1. The van der Waals surface area contributed by atoms with Gasteiger partial charge in [-0.1, -0.05) is 38.1 Å². The monoisotopic (exact) mass is 391 g/mol. The second kappa shape index (κ2) is 8.33. The molecular formula is C23H29N5O. The Balaban J connectivity index is 1.47. The molecule has 2 aromatic heterocycles. The summed E-state index contributed by atoms with van der Waals surface area (Å²) in [4.78, 5) is 19.7. The van der Waals surface area contributed by atoms with Gasteiger partial charge in [0.2, 0.25) is 0 Å². The molecule has 0 radical (unpaired) electrons. The summed E-state index contributed by atoms with van der Waals surface area (Å²) >= 11 is 0. The van der Waals surface area contributed by atoms with Crippen LogP contribution in [0.5, 0.6) is 0 Å². The molecule has 1 N–H and O–H groups in total. The third-order valence-corrected chi connectivity index (χ3v) is 5.69. The number of nitrogens with zero attached hydrogens (tertiary/aromatic N) is 4. The van der Waals surface area contributed by atoms with Gasteiger partial charge in [0.25, 0.3) is 5.91 Å². The Labute approximate surface area is 171 Å². The highest BCUT2D eigenvalue weighted by molar-refractivity contribution is 6.00. The average Bonchev–Trinajstić information content (AvgIpc) is 3.02. The largest absolute Gasteiger partial charge is 0.348 e. The van der Waals surface area contributed by atoms with Gasteiger partial charge in [-0.05, 0) is 42.4 Å². The normalized spacial score (nSPS) is 20.1. The van der Waals surface area contributed by atoms with Gasteiger partial charge < -0.3 is 5.32 Å². The van der Waals surface area contributed by atoms with E-state index in [2.05, 4.69) is 52.3 Å². The van der Waals surface area contributed by atoms with E-state index in [1.165, 1.54) is 12.0 Å². The highest BCUT2D eigenvalue weighted by Gasteiger charge is 2.23. The van der Waals surface area contributed by atoms with Crippen LogP contribution in [0.4, 0.5) is 0 Å². The summed E-state index contributed by atoms with van der Waals surface area (Å²) in [5.41, 5.74) is 4.26. The molecule has 1 aromatic carbocycles. The van der Waals surface area contributed by atoms with Crippen LogP contribution in [0.15, 0.2) is 42.7 Å². The van der Waals surface area contributed by atoms with E-state index in [0.717, 1.165) is 37.0 Å². The van der Waals surface area contributed by atoms with Crippen molar-refractivity contribution in [3.05, 3.63) is 65.1 Å². The Bertz CT molecular complexity index is 1000. The predicted octanol–water partition coefficient (Wildman–Crippen LogP) is 3.45. The van der Waals surface area contributed by atoms with Crippen molar-refractivity contribution in [1.82, 2.24) is 24.8 Å². The van der Waals surface area contributed by atoms with E-state index in [0.29, 0.717) is 23.4 Å². The molecule has 0 spiro atoms. The molecule has 152 valence electrons. The Morgan fingerprint density at radius 1 is 1.14 bits per heavy atom. The van der Waals surface area contributed by atoms with Gasteiger partial charge in [-0.3, -0.25) is 9.69 Å². The van der Waals surface area contributed by atoms with Crippen molar-refractivity contribution in [2.45, 2.75) is 40.3 Å². The zero-order valence-electron chi connectivity index (χ0n) is 17.4. The maximum atomic E-state index is 12.9. The minimum absolute atomic E-state index is 0.133. The highest BCUT2D eigenvalue weighted by Crippen LogP contribution is 2.23. The molecule has 6 heteroatoms. The summed E-state index contributed by atoms with van der Waals surface area (Å²) < 4.78 is 1.65. The first-order valence-corrected chi connectivity index (χ1v) is 10.4. The Morgan fingerprint density at radius 2 is 1.86 bits per heavy atom. The van der Waals surface area contributed by atoms with E-state index in [-0.39, 0.29) is 5.91 Å². The lowest BCUT2D eigenvalue weighted by Crippen LogP contribution is -2.38. The summed E-state index contributed by atoms with van der Waals surface area (Å²) in [6.45, 7) is 10.2. The van der Waals surface area contributed by atoms with Crippen molar-refractivity contribution in [2.75, 3.05) is 13.1 Å². The van der Waals surface area contributed by atoms with Gasteiger partial charge in [-0.2, -0.15) is 5.10 Å². The predicted molar refractivity (Wildman–Crippen MR) is 114 cm³/mol. The first kappa shape index (κ1) is 19.6. The van der Waals surface area contributed by atoms with E-state index >= 15 is 0 Å². The third-order valence-electron chi connectivity index (χ3n) is 5.69. The van der Waals surface area contributed by atoms with Crippen LogP contribution in [0.3, 0.4) is 0 Å². The molecule has 0 aliphatic carbocycles. The van der Waals surface area contributed by atoms with Crippen molar-refractivity contribution >= 4 is 11.6 Å². The van der Waals surface area contributed by atoms with Crippen molar-refractivity contribution in [3.8, 4) is 0 Å². The number of likely N-dealkylation sites (tertiary alicyclic amines) is 1. The van der Waals surface area contributed by atoms with Crippen molar-refractivity contribution in [2.24, 2.45) is 11.8 Å². The molecule has 0 bridgehead atoms. The Morgan fingerprint density at radius 3 is 2.62 bits per heavy atom. The van der Waals surface area contributed by atoms with Gasteiger partial charge in [-0.25, -0.2) is 9.50 Å². The van der Waals surface area contributed by atoms with Crippen molar-refractivity contribution in [3.63, 3.8) is 0 Å². The van der Waals surface area contributed by atoms with E-state index in [4.69, 9.17) is 0 Å². The van der Waals surface area contributed by atoms with E-state index < -0.39 is 0 Å². The lowest BCUT2D eigenvalue weighted by molar-refractivity contribution is 0.0951. The fourth-order valence-corrected chi connectivity index (χ4v) is 4.57. The number of carbonyl (C=O) groups is 1. The van der Waals surface area contributed by atoms with Gasteiger partial charge in [0, 0.05) is 38.6 Å². The number of hydrogen-bond acceptors (Lipinski definition) is 4. The second-order valence-corrected chi connectivity index (χ2v) is 8.44. The van der Waals surface area contributed by atoms with Gasteiger partial charge in [0.15, 0.2) is 5.65 Å². The fourth-order valence-electron chi connectivity index (χ4n) is 4.57. The molecule has 1 aliphatic heterocycles. The number of nitrogens with one attached hydrogen (secondary N) is 1. The number of hydrogen-bond donors (Lipinski definition) is 1. The van der Waals surface area contributed by atoms with Crippen LogP contribution in [0.1, 0.15) is 47.4 Å². The van der Waals surface area contributed by atoms with Crippen LogP contribution in [-0.4, -0.2) is 38.5 Å². The first-order valence-electron chi connectivity index (χ1n) is 10.4. The molecule has 1 saturated heterocycles. The number of aryl methyl sites for hydroxylation is 1. The standard InChI is InChI=1S/C23H29N5O/c1-16-11-17(2)14-27(13-16)15-20-8-5-4-7-19(20)12-25-23(29)21-18(3)26-28-10-6-9-24-22(21)28/h4-10,16-17H,11-15H2,1-3H3,(H,25,29). The molecule has 4 rings (SSSR count). The molecule has 6 nitrogen and oxygen atoms in total. The SMILES string of the molecule is Cc1nn2cccnc2c1C(=O)NCc1ccccc1CN1CC(C)CC(C)C1. The molecule has 3 heterocycles. The number of aromatic nitrogens is 3. The quantitative estimate of drug-likeness (QED) is 0.724. The Kier molecular flexibility index (Phi) is 5.62. The number of carbonyl (C=O) groups excluding carboxylic acids is 1. The van der Waals surface area contributed by atoms with Crippen LogP contribution in [-0.2, 0) is 13.1 Å². The molecule has 1 amide bonds. The molecule has 3 aromatic rings. The first-order chi connectivity index (χ1) is 14.0. The maximum Gasteiger partial charge on any atom is 0.257 e. The fraction of sp³-hybridized carbons (Fsp3) is 0.435. The lowest BCUT2D eigenvalue weighted by Gasteiger charge is -2.35. The molecule has 0 saturated carbocycles. The van der Waals surface area contributed by atoms with Gasteiger partial charge >= 0.3 is 0 Å². The third kappa shape index (κ3) is 4.32. The molecule has 2 unspecified atom stereocenters. The zero-order chi connectivity index (χ0) is 20.4. The summed E-state index contributed by atoms with van der Waals surface area (Å²) in [6.07, 6.45) is 4.80. The van der Waals surface area contributed by atoms with E-state index in [1.54, 1.807) is 16.8 Å². The Hall–Kier alpha value is -2.73. The maximum absolute atomic E-state index is 12.9. The second-order valence-electron chi connectivity index (χ2n) is 8.44. The zero-order valence-corrected chi connectivity index (χ0v) is 17.4. The van der Waals surface area contributed by atoms with Gasteiger partial charge in [0.1, 0.15) is 5.56 Å². The summed E-state index contributed by atoms with van der Waals surface area (Å²) in [7, 11) is 0. The van der Waals surface area contributed by atoms with Crippen LogP contribution in [0.2, 0.25) is 0 Å². The minimum atomic E-state index is -0.133. The molecule has 1 aliphatic rings. The van der Waals surface area contributed by atoms with Crippen LogP contribution in [0, 0.1) is 18.8 Å². The van der Waals surface area contributed by atoms with Crippen LogP contribution >= 0.6 is 0 Å². The van der Waals surface area contributed by atoms with Crippen molar-refractivity contribution < 1.29 is 4.79 Å². The van der Waals surface area contributed by atoms with Crippen molar-refractivity contribution in [1.29, 1.82) is 0 Å². The highest BCUT2D eigenvalue weighted by atomic mass is 16.1. The summed E-state index contributed by atoms with van der Waals surface area (Å²) in [5.74, 6) is 1.33. The van der Waals surface area contributed by atoms with Gasteiger partial charge in [-0.15, -0.1) is 0 Å². The lowest BCUT2D eigenvalue weighted by atomic mass is 9.91. The number of benzene rings is 1. The molecule has 1 fully saturated rings. The topological polar surface area (TPSA) is 62.5 Å². The number of rotatable bonds is 5.